The van der Waals surface area contributed by atoms with Gasteiger partial charge in [-0.15, -0.1) is 0 Å². The average molecular weight is 580 g/mol. The Labute approximate surface area is 244 Å². The van der Waals surface area contributed by atoms with Gasteiger partial charge >= 0.3 is 23.9 Å². The summed E-state index contributed by atoms with van der Waals surface area (Å²) in [5.74, 6) is -2.37. The van der Waals surface area contributed by atoms with Gasteiger partial charge in [-0.05, 0) is 101 Å². The summed E-state index contributed by atoms with van der Waals surface area (Å²) in [6.45, 7) is 19.5. The first kappa shape index (κ1) is 35.5. The van der Waals surface area contributed by atoms with Crippen molar-refractivity contribution in [3.63, 3.8) is 0 Å². The van der Waals surface area contributed by atoms with Gasteiger partial charge in [-0.25, -0.2) is 0 Å². The molecule has 0 saturated carbocycles. The molecule has 41 heavy (non-hydrogen) atoms. The predicted octanol–water partition coefficient (Wildman–Crippen LogP) is 4.25. The number of nitrogen functional groups attached to an aromatic ring is 1. The second kappa shape index (κ2) is 13.4. The van der Waals surface area contributed by atoms with Crippen LogP contribution in [0.1, 0.15) is 83.1 Å². The lowest BCUT2D eigenvalue weighted by Gasteiger charge is -2.33. The van der Waals surface area contributed by atoms with E-state index in [-0.39, 0.29) is 26.2 Å². The van der Waals surface area contributed by atoms with Crippen LogP contribution in [0.25, 0.3) is 0 Å². The van der Waals surface area contributed by atoms with Crippen molar-refractivity contribution in [2.24, 2.45) is 0 Å². The first-order chi connectivity index (χ1) is 18.3. The van der Waals surface area contributed by atoms with E-state index in [1.165, 1.54) is 9.80 Å². The van der Waals surface area contributed by atoms with E-state index in [9.17, 15) is 19.2 Å². The minimum atomic E-state index is -0.771. The number of carbonyl (C=O) groups is 4. The lowest BCUT2D eigenvalue weighted by atomic mass is 10.1. The number of hydrogen-bond acceptors (Lipinski definition) is 11. The highest BCUT2D eigenvalue weighted by atomic mass is 16.6. The fourth-order valence-electron chi connectivity index (χ4n) is 3.63. The molecule has 11 heteroatoms. The van der Waals surface area contributed by atoms with Gasteiger partial charge in [-0.1, -0.05) is 0 Å². The Kier molecular flexibility index (Phi) is 11.6. The van der Waals surface area contributed by atoms with Crippen LogP contribution < -0.4 is 15.5 Å². The number of anilines is 3. The second-order valence-electron chi connectivity index (χ2n) is 13.8. The smallest absolute Gasteiger partial charge is 0.326 e. The Morgan fingerprint density at radius 2 is 0.805 bits per heavy atom. The molecule has 0 bridgehead atoms. The Morgan fingerprint density at radius 1 is 0.537 bits per heavy atom. The van der Waals surface area contributed by atoms with E-state index in [4.69, 9.17) is 24.7 Å². The van der Waals surface area contributed by atoms with Crippen molar-refractivity contribution in [2.75, 3.05) is 41.7 Å². The highest BCUT2D eigenvalue weighted by Crippen LogP contribution is 2.33. The highest BCUT2D eigenvalue weighted by Gasteiger charge is 2.29. The van der Waals surface area contributed by atoms with Crippen LogP contribution in [0.4, 0.5) is 17.1 Å². The molecule has 0 aliphatic heterocycles. The summed E-state index contributed by atoms with van der Waals surface area (Å²) in [6, 6.07) is 4.76. The number of rotatable bonds is 10. The molecule has 232 valence electrons. The maximum Gasteiger partial charge on any atom is 0.326 e. The summed E-state index contributed by atoms with van der Waals surface area (Å²) < 4.78 is 22.1. The first-order valence-corrected chi connectivity index (χ1v) is 13.6. The van der Waals surface area contributed by atoms with E-state index in [0.29, 0.717) is 17.1 Å². The number of ether oxygens (including phenoxy) is 4. The van der Waals surface area contributed by atoms with E-state index in [1.54, 1.807) is 101 Å². The lowest BCUT2D eigenvalue weighted by Crippen LogP contribution is -2.43. The molecule has 0 fully saturated rings. The van der Waals surface area contributed by atoms with E-state index >= 15 is 0 Å². The van der Waals surface area contributed by atoms with Gasteiger partial charge in [0.2, 0.25) is 0 Å². The van der Waals surface area contributed by atoms with Crippen molar-refractivity contribution in [1.29, 1.82) is 0 Å². The Hall–Kier alpha value is -3.50. The third kappa shape index (κ3) is 15.2. The quantitative estimate of drug-likeness (QED) is 0.242. The molecule has 0 unspecified atom stereocenters. The molecule has 1 aromatic carbocycles. The Balaban J connectivity index is 3.65. The molecule has 0 amide bonds. The zero-order valence-corrected chi connectivity index (χ0v) is 26.8. The maximum absolute atomic E-state index is 12.9. The van der Waals surface area contributed by atoms with E-state index in [1.807, 2.05) is 0 Å². The van der Waals surface area contributed by atoms with Crippen LogP contribution in [-0.4, -0.2) is 72.5 Å². The van der Waals surface area contributed by atoms with Gasteiger partial charge in [0.15, 0.2) is 0 Å². The maximum atomic E-state index is 12.9. The van der Waals surface area contributed by atoms with Gasteiger partial charge in [-0.3, -0.25) is 19.2 Å². The van der Waals surface area contributed by atoms with Crippen LogP contribution in [0.15, 0.2) is 18.2 Å². The van der Waals surface area contributed by atoms with Gasteiger partial charge in [-0.2, -0.15) is 0 Å². The van der Waals surface area contributed by atoms with E-state index in [2.05, 4.69) is 0 Å². The van der Waals surface area contributed by atoms with Crippen molar-refractivity contribution in [1.82, 2.24) is 0 Å². The first-order valence-electron chi connectivity index (χ1n) is 13.6. The van der Waals surface area contributed by atoms with Crippen molar-refractivity contribution in [2.45, 2.75) is 105 Å². The number of esters is 4. The van der Waals surface area contributed by atoms with Crippen molar-refractivity contribution in [3.8, 4) is 0 Å². The monoisotopic (exact) mass is 579 g/mol. The van der Waals surface area contributed by atoms with Crippen LogP contribution in [0, 0.1) is 0 Å². The number of nitrogens with zero attached hydrogens (tertiary/aromatic N) is 2. The minimum absolute atomic E-state index is 0.314. The molecule has 0 aromatic heterocycles. The molecular weight excluding hydrogens is 530 g/mol. The van der Waals surface area contributed by atoms with E-state index < -0.39 is 46.3 Å². The highest BCUT2D eigenvalue weighted by molar-refractivity contribution is 5.89. The molecule has 0 heterocycles. The molecule has 0 atom stereocenters. The van der Waals surface area contributed by atoms with Gasteiger partial charge in [0.05, 0.1) is 11.4 Å². The van der Waals surface area contributed by atoms with Crippen molar-refractivity contribution in [3.05, 3.63) is 18.2 Å². The fourth-order valence-corrected chi connectivity index (χ4v) is 3.63. The lowest BCUT2D eigenvalue weighted by molar-refractivity contribution is -0.156. The molecule has 0 saturated heterocycles. The second-order valence-corrected chi connectivity index (χ2v) is 13.8. The molecule has 0 radical (unpaired) electrons. The fraction of sp³-hybridized carbons (Fsp3) is 0.667. The van der Waals surface area contributed by atoms with Gasteiger partial charge in [0, 0.05) is 5.69 Å². The number of nitrogens with two attached hydrogens (primary N) is 1. The zero-order valence-electron chi connectivity index (χ0n) is 26.8. The Morgan fingerprint density at radius 3 is 1.07 bits per heavy atom. The molecule has 0 spiro atoms. The zero-order chi connectivity index (χ0) is 32.0. The minimum Gasteiger partial charge on any atom is -0.459 e. The molecule has 1 aromatic rings. The number of carbonyl (C=O) groups excluding carboxylic acids is 4. The van der Waals surface area contributed by atoms with Gasteiger partial charge < -0.3 is 34.5 Å². The summed E-state index contributed by atoms with van der Waals surface area (Å²) in [6.07, 6.45) is 0. The summed E-state index contributed by atoms with van der Waals surface area (Å²) in [5, 5.41) is 0. The summed E-state index contributed by atoms with van der Waals surface area (Å²) >= 11 is 0. The largest absolute Gasteiger partial charge is 0.459 e. The molecule has 11 nitrogen and oxygen atoms in total. The summed E-state index contributed by atoms with van der Waals surface area (Å²) in [4.78, 5) is 54.6. The third-order valence-electron chi connectivity index (χ3n) is 4.64. The normalized spacial score (nSPS) is 12.3. The standard InChI is InChI=1S/C30H49N3O8/c1-27(2,3)38-23(34)16-32(17-24(35)39-28(4,5)6)21-14-13-20(31)15-22(21)33(18-25(36)40-29(7,8)9)19-26(37)41-30(10,11)12/h13-15H,16-19,31H2,1-12H3. The molecule has 0 aliphatic carbocycles. The van der Waals surface area contributed by atoms with E-state index in [0.717, 1.165) is 0 Å². The van der Waals surface area contributed by atoms with Gasteiger partial charge in [0.25, 0.3) is 0 Å². The molecule has 2 N–H and O–H groups in total. The van der Waals surface area contributed by atoms with Gasteiger partial charge in [0.1, 0.15) is 48.6 Å². The molecular formula is C30H49N3O8. The summed E-state index contributed by atoms with van der Waals surface area (Å²) in [5.41, 5.74) is 4.06. The van der Waals surface area contributed by atoms with Crippen LogP contribution >= 0.6 is 0 Å². The molecule has 1 rings (SSSR count). The van der Waals surface area contributed by atoms with Crippen LogP contribution in [0.3, 0.4) is 0 Å². The summed E-state index contributed by atoms with van der Waals surface area (Å²) in [7, 11) is 0. The topological polar surface area (TPSA) is 138 Å². The predicted molar refractivity (Wildman–Crippen MR) is 159 cm³/mol. The molecule has 0 aliphatic rings. The Bertz CT molecular complexity index is 1030. The van der Waals surface area contributed by atoms with Crippen LogP contribution in [0.2, 0.25) is 0 Å². The van der Waals surface area contributed by atoms with Crippen LogP contribution in [0.5, 0.6) is 0 Å². The SMILES string of the molecule is CC(C)(C)OC(=O)CN(CC(=O)OC(C)(C)C)c1ccc(N)cc1N(CC(=O)OC(C)(C)C)CC(=O)OC(C)(C)C. The average Bonchev–Trinajstić information content (AvgIpc) is 2.67. The number of benzene rings is 1. The van der Waals surface area contributed by atoms with Crippen molar-refractivity contribution < 1.29 is 38.1 Å². The van der Waals surface area contributed by atoms with Crippen molar-refractivity contribution >= 4 is 40.9 Å². The third-order valence-corrected chi connectivity index (χ3v) is 4.64. The number of hydrogen-bond donors (Lipinski definition) is 1. The van der Waals surface area contributed by atoms with Crippen LogP contribution in [-0.2, 0) is 38.1 Å².